The fourth-order valence-corrected chi connectivity index (χ4v) is 3.22. The minimum Gasteiger partial charge on any atom is -0.466 e. The van der Waals surface area contributed by atoms with Crippen LogP contribution in [0.2, 0.25) is 0 Å². The zero-order valence-electron chi connectivity index (χ0n) is 13.9. The maximum absolute atomic E-state index is 12.7. The number of carbonyl (C=O) groups is 1. The molecule has 126 valence electrons. The van der Waals surface area contributed by atoms with Crippen LogP contribution in [0.25, 0.3) is 0 Å². The van der Waals surface area contributed by atoms with Gasteiger partial charge in [-0.1, -0.05) is 0 Å². The number of ether oxygens (including phenoxy) is 1. The van der Waals surface area contributed by atoms with E-state index in [1.807, 2.05) is 20.0 Å². The van der Waals surface area contributed by atoms with Crippen molar-refractivity contribution >= 4 is 11.9 Å². The first-order chi connectivity index (χ1) is 11.6. The lowest BCUT2D eigenvalue weighted by Gasteiger charge is -2.26. The van der Waals surface area contributed by atoms with Crippen molar-refractivity contribution < 1.29 is 13.9 Å². The molecule has 0 saturated carbocycles. The van der Waals surface area contributed by atoms with Gasteiger partial charge in [0.25, 0.3) is 5.91 Å². The number of amides is 1. The minimum absolute atomic E-state index is 0.0183. The van der Waals surface area contributed by atoms with Gasteiger partial charge in [0, 0.05) is 31.4 Å². The second-order valence-corrected chi connectivity index (χ2v) is 6.23. The maximum Gasteiger partial charge on any atom is 0.258 e. The fraction of sp³-hybridized carbons (Fsp3) is 0.471. The Balaban J connectivity index is 1.53. The second kappa shape index (κ2) is 5.90. The molecule has 0 radical (unpaired) electrons. The third kappa shape index (κ3) is 2.65. The van der Waals surface area contributed by atoms with Gasteiger partial charge in [-0.15, -0.1) is 0 Å². The van der Waals surface area contributed by atoms with Crippen LogP contribution in [0.5, 0.6) is 0 Å². The molecule has 0 aromatic carbocycles. The van der Waals surface area contributed by atoms with Crippen LogP contribution in [0, 0.1) is 13.8 Å². The van der Waals surface area contributed by atoms with Gasteiger partial charge in [-0.05, 0) is 19.9 Å². The molecule has 0 unspecified atom stereocenters. The van der Waals surface area contributed by atoms with Crippen LogP contribution < -0.4 is 4.90 Å². The zero-order chi connectivity index (χ0) is 16.7. The lowest BCUT2D eigenvalue weighted by Crippen LogP contribution is -2.37. The molecular weight excluding hydrogens is 308 g/mol. The van der Waals surface area contributed by atoms with Crippen molar-refractivity contribution in [2.45, 2.75) is 26.9 Å². The Labute approximate surface area is 140 Å². The number of hydrogen-bond acceptors (Lipinski definition) is 6. The number of aryl methyl sites for hydroxylation is 2. The third-order valence-electron chi connectivity index (χ3n) is 4.50. The summed E-state index contributed by atoms with van der Waals surface area (Å²) in [5.41, 5.74) is 2.57. The molecule has 2 aliphatic heterocycles. The van der Waals surface area contributed by atoms with Crippen LogP contribution in [0.15, 0.2) is 16.7 Å². The van der Waals surface area contributed by atoms with Gasteiger partial charge in [0.2, 0.25) is 5.95 Å². The molecule has 0 N–H and O–H groups in total. The number of aromatic nitrogens is 2. The van der Waals surface area contributed by atoms with Gasteiger partial charge >= 0.3 is 0 Å². The highest BCUT2D eigenvalue weighted by atomic mass is 16.5. The summed E-state index contributed by atoms with van der Waals surface area (Å²) in [6.45, 7) is 7.72. The number of nitrogens with zero attached hydrogens (tertiary/aromatic N) is 4. The van der Waals surface area contributed by atoms with Gasteiger partial charge in [0.1, 0.15) is 11.5 Å². The highest BCUT2D eigenvalue weighted by Gasteiger charge is 2.29. The normalized spacial score (nSPS) is 17.2. The van der Waals surface area contributed by atoms with Gasteiger partial charge in [0.15, 0.2) is 0 Å². The molecule has 2 aromatic rings. The van der Waals surface area contributed by atoms with Crippen molar-refractivity contribution in [3.8, 4) is 0 Å². The molecule has 0 atom stereocenters. The average Bonchev–Trinajstić information content (AvgIpc) is 3.17. The number of fused-ring (bicyclic) bond motifs is 1. The van der Waals surface area contributed by atoms with E-state index in [1.165, 1.54) is 0 Å². The molecule has 7 nitrogen and oxygen atoms in total. The van der Waals surface area contributed by atoms with Crippen molar-refractivity contribution in [1.29, 1.82) is 0 Å². The summed E-state index contributed by atoms with van der Waals surface area (Å²) in [7, 11) is 0. The van der Waals surface area contributed by atoms with Crippen LogP contribution >= 0.6 is 0 Å². The number of rotatable bonds is 2. The molecule has 4 heterocycles. The summed E-state index contributed by atoms with van der Waals surface area (Å²) in [4.78, 5) is 25.8. The minimum atomic E-state index is -0.0183. The van der Waals surface area contributed by atoms with Gasteiger partial charge < -0.3 is 19.0 Å². The summed E-state index contributed by atoms with van der Waals surface area (Å²) in [5, 5.41) is 0. The first-order valence-corrected chi connectivity index (χ1v) is 8.15. The molecule has 0 bridgehead atoms. The number of carbonyl (C=O) groups excluding carboxylic acids is 1. The van der Waals surface area contributed by atoms with E-state index in [2.05, 4.69) is 14.9 Å². The SMILES string of the molecule is Cc1cc(C(=O)N2Cc3cnc(N4CCOCC4)nc3C2)c(C)o1. The molecular formula is C17H20N4O3. The van der Waals surface area contributed by atoms with Crippen LogP contribution in [-0.4, -0.2) is 47.1 Å². The monoisotopic (exact) mass is 328 g/mol. The summed E-state index contributed by atoms with van der Waals surface area (Å²) < 4.78 is 10.8. The average molecular weight is 328 g/mol. The summed E-state index contributed by atoms with van der Waals surface area (Å²) in [6.07, 6.45) is 1.84. The highest BCUT2D eigenvalue weighted by molar-refractivity contribution is 5.95. The first-order valence-electron chi connectivity index (χ1n) is 8.15. The Morgan fingerprint density at radius 3 is 2.71 bits per heavy atom. The van der Waals surface area contributed by atoms with Crippen LogP contribution in [0.3, 0.4) is 0 Å². The zero-order valence-corrected chi connectivity index (χ0v) is 13.9. The molecule has 1 fully saturated rings. The van der Waals surface area contributed by atoms with Gasteiger partial charge in [-0.3, -0.25) is 4.79 Å². The molecule has 1 saturated heterocycles. The van der Waals surface area contributed by atoms with E-state index in [0.717, 1.165) is 36.1 Å². The predicted molar refractivity (Wildman–Crippen MR) is 86.8 cm³/mol. The van der Waals surface area contributed by atoms with Crippen molar-refractivity contribution in [3.05, 3.63) is 40.6 Å². The van der Waals surface area contributed by atoms with E-state index in [1.54, 1.807) is 11.0 Å². The third-order valence-corrected chi connectivity index (χ3v) is 4.50. The summed E-state index contributed by atoms with van der Waals surface area (Å²) >= 11 is 0. The molecule has 0 aliphatic carbocycles. The number of furan rings is 1. The van der Waals surface area contributed by atoms with Gasteiger partial charge in [-0.25, -0.2) is 9.97 Å². The Bertz CT molecular complexity index is 780. The Hall–Kier alpha value is -2.41. The van der Waals surface area contributed by atoms with Crippen LogP contribution in [0.4, 0.5) is 5.95 Å². The lowest BCUT2D eigenvalue weighted by atomic mass is 10.2. The standard InChI is InChI=1S/C17H20N4O3/c1-11-7-14(12(2)24-11)16(22)21-9-13-8-18-17(19-15(13)10-21)20-3-5-23-6-4-20/h7-8H,3-6,9-10H2,1-2H3. The molecule has 7 heteroatoms. The molecule has 2 aromatic heterocycles. The molecule has 24 heavy (non-hydrogen) atoms. The largest absolute Gasteiger partial charge is 0.466 e. The van der Waals surface area contributed by atoms with Crippen LogP contribution in [0.1, 0.15) is 33.1 Å². The van der Waals surface area contributed by atoms with E-state index >= 15 is 0 Å². The first kappa shape index (κ1) is 15.1. The smallest absolute Gasteiger partial charge is 0.258 e. The topological polar surface area (TPSA) is 71.7 Å². The van der Waals surface area contributed by atoms with Crippen molar-refractivity contribution in [2.75, 3.05) is 31.2 Å². The molecule has 4 rings (SSSR count). The number of hydrogen-bond donors (Lipinski definition) is 0. The van der Waals surface area contributed by atoms with Crippen molar-refractivity contribution in [3.63, 3.8) is 0 Å². The Kier molecular flexibility index (Phi) is 3.72. The van der Waals surface area contributed by atoms with E-state index in [4.69, 9.17) is 9.15 Å². The van der Waals surface area contributed by atoms with E-state index in [9.17, 15) is 4.79 Å². The number of anilines is 1. The highest BCUT2D eigenvalue weighted by Crippen LogP contribution is 2.26. The molecule has 1 amide bonds. The fourth-order valence-electron chi connectivity index (χ4n) is 3.22. The van der Waals surface area contributed by atoms with Crippen molar-refractivity contribution in [1.82, 2.24) is 14.9 Å². The molecule has 0 spiro atoms. The Morgan fingerprint density at radius 2 is 2.00 bits per heavy atom. The molecule has 2 aliphatic rings. The predicted octanol–water partition coefficient (Wildman–Crippen LogP) is 1.68. The van der Waals surface area contributed by atoms with E-state index in [-0.39, 0.29) is 5.91 Å². The van der Waals surface area contributed by atoms with Gasteiger partial charge in [-0.2, -0.15) is 0 Å². The summed E-state index contributed by atoms with van der Waals surface area (Å²) in [5.74, 6) is 2.12. The number of morpholine rings is 1. The lowest BCUT2D eigenvalue weighted by molar-refractivity contribution is 0.0748. The van der Waals surface area contributed by atoms with E-state index < -0.39 is 0 Å². The Morgan fingerprint density at radius 1 is 1.21 bits per heavy atom. The quantitative estimate of drug-likeness (QED) is 0.835. The van der Waals surface area contributed by atoms with Gasteiger partial charge in [0.05, 0.1) is 31.0 Å². The summed E-state index contributed by atoms with van der Waals surface area (Å²) in [6, 6.07) is 1.80. The second-order valence-electron chi connectivity index (χ2n) is 6.23. The van der Waals surface area contributed by atoms with Crippen LogP contribution in [-0.2, 0) is 17.8 Å². The van der Waals surface area contributed by atoms with E-state index in [0.29, 0.717) is 37.6 Å². The van der Waals surface area contributed by atoms with Crippen molar-refractivity contribution in [2.24, 2.45) is 0 Å². The maximum atomic E-state index is 12.7.